The van der Waals surface area contributed by atoms with Crippen LogP contribution in [0, 0.1) is 0 Å². The van der Waals surface area contributed by atoms with Gasteiger partial charge in [-0.1, -0.05) is 177 Å². The topological polar surface area (TPSA) is 38.7 Å². The molecule has 0 N–H and O–H groups in total. The molecule has 3 heteroatoms. The molecular formula is C51H39N3. The highest BCUT2D eigenvalue weighted by Crippen LogP contribution is 2.56. The van der Waals surface area contributed by atoms with Gasteiger partial charge < -0.3 is 0 Å². The SMILES string of the molecule is [2H]C1([2H])CCC2(CC1)c1ccccc1-c1ccc(-c3cccc(-c4cccc(-c5nc(-c6ccccc6)nc(-c6ccc(-c7ccccc7)cc6)n5)c4)c3)cc12. The molecule has 1 heterocycles. The minimum Gasteiger partial charge on any atom is -0.208 e. The number of benzene rings is 7. The molecule has 3 nitrogen and oxygen atoms in total. The molecule has 1 fully saturated rings. The summed E-state index contributed by atoms with van der Waals surface area (Å²) in [5.74, 6) is 1.89. The molecule has 0 radical (unpaired) electrons. The van der Waals surface area contributed by atoms with E-state index in [4.69, 9.17) is 17.7 Å². The lowest BCUT2D eigenvalue weighted by molar-refractivity contribution is 0.353. The number of hydrogen-bond donors (Lipinski definition) is 0. The van der Waals surface area contributed by atoms with E-state index in [0.717, 1.165) is 51.8 Å². The van der Waals surface area contributed by atoms with Crippen molar-refractivity contribution in [3.05, 3.63) is 187 Å². The number of aromatic nitrogens is 3. The van der Waals surface area contributed by atoms with Gasteiger partial charge in [-0.25, -0.2) is 15.0 Å². The van der Waals surface area contributed by atoms with Crippen LogP contribution in [0.15, 0.2) is 176 Å². The van der Waals surface area contributed by atoms with Crippen LogP contribution in [0.4, 0.5) is 0 Å². The highest BCUT2D eigenvalue weighted by atomic mass is 15.0. The standard InChI is InChI=1S/C51H39N3/c1-4-14-35(15-5-1)36-24-26-38(27-25-36)49-52-48(37-16-6-2-7-17-37)53-50(54-49)43-21-13-20-41(33-43)39-18-12-19-40(32-39)42-28-29-45-44-22-8-9-23-46(44)51(47(45)34-42)30-10-3-11-31-51/h1-2,4-9,12-29,32-34H,3,10-11,30-31H2/i3D2. The Morgan fingerprint density at radius 3 is 1.44 bits per heavy atom. The Bertz CT molecular complexity index is 2710. The summed E-state index contributed by atoms with van der Waals surface area (Å²) in [6.07, 6.45) is 1.69. The van der Waals surface area contributed by atoms with E-state index in [1.807, 2.05) is 36.4 Å². The van der Waals surface area contributed by atoms with E-state index in [9.17, 15) is 0 Å². The molecule has 0 saturated heterocycles. The van der Waals surface area contributed by atoms with Crippen LogP contribution in [0.2, 0.25) is 0 Å². The summed E-state index contributed by atoms with van der Waals surface area (Å²) in [4.78, 5) is 15.0. The number of nitrogens with zero attached hydrogens (tertiary/aromatic N) is 3. The summed E-state index contributed by atoms with van der Waals surface area (Å²) in [7, 11) is 0. The maximum Gasteiger partial charge on any atom is 0.164 e. The molecule has 0 aliphatic heterocycles. The van der Waals surface area contributed by atoms with Crippen LogP contribution in [-0.4, -0.2) is 15.0 Å². The Labute approximate surface area is 319 Å². The Hall–Kier alpha value is -6.45. The van der Waals surface area contributed by atoms with Gasteiger partial charge in [0, 0.05) is 24.8 Å². The second-order valence-electron chi connectivity index (χ2n) is 14.4. The molecule has 0 bridgehead atoms. The smallest absolute Gasteiger partial charge is 0.164 e. The predicted molar refractivity (Wildman–Crippen MR) is 222 cm³/mol. The third-order valence-corrected chi connectivity index (χ3v) is 11.3. The van der Waals surface area contributed by atoms with Gasteiger partial charge in [0.25, 0.3) is 0 Å². The molecule has 8 aromatic rings. The Morgan fingerprint density at radius 1 is 0.352 bits per heavy atom. The molecule has 2 aliphatic carbocycles. The summed E-state index contributed by atoms with van der Waals surface area (Å²) in [5.41, 5.74) is 14.8. The van der Waals surface area contributed by atoms with Crippen molar-refractivity contribution in [1.29, 1.82) is 0 Å². The maximum atomic E-state index is 8.48. The van der Waals surface area contributed by atoms with Gasteiger partial charge in [0.1, 0.15) is 0 Å². The lowest BCUT2D eigenvalue weighted by Gasteiger charge is -2.36. The minimum absolute atomic E-state index is 0.147. The normalized spacial score (nSPS) is 15.6. The van der Waals surface area contributed by atoms with Gasteiger partial charge in [-0.05, 0) is 86.7 Å². The molecule has 54 heavy (non-hydrogen) atoms. The molecule has 0 atom stereocenters. The van der Waals surface area contributed by atoms with E-state index in [2.05, 4.69) is 140 Å². The summed E-state index contributed by atoms with van der Waals surface area (Å²) in [5, 5.41) is 0. The molecule has 0 amide bonds. The fourth-order valence-electron chi connectivity index (χ4n) is 8.54. The number of hydrogen-bond acceptors (Lipinski definition) is 3. The highest BCUT2D eigenvalue weighted by Gasteiger charge is 2.43. The third kappa shape index (κ3) is 5.74. The monoisotopic (exact) mass is 695 g/mol. The first-order valence-corrected chi connectivity index (χ1v) is 18.9. The van der Waals surface area contributed by atoms with Crippen LogP contribution >= 0.6 is 0 Å². The predicted octanol–water partition coefficient (Wildman–Crippen LogP) is 13.1. The van der Waals surface area contributed by atoms with Crippen molar-refractivity contribution in [3.63, 3.8) is 0 Å². The van der Waals surface area contributed by atoms with E-state index in [0.29, 0.717) is 30.3 Å². The zero-order chi connectivity index (χ0) is 37.7. The fourth-order valence-corrected chi connectivity index (χ4v) is 8.54. The van der Waals surface area contributed by atoms with Gasteiger partial charge in [0.15, 0.2) is 17.5 Å². The van der Waals surface area contributed by atoms with Crippen LogP contribution < -0.4 is 0 Å². The van der Waals surface area contributed by atoms with Crippen molar-refractivity contribution in [2.24, 2.45) is 0 Å². The quantitative estimate of drug-likeness (QED) is 0.174. The van der Waals surface area contributed by atoms with Gasteiger partial charge in [0.2, 0.25) is 0 Å². The third-order valence-electron chi connectivity index (χ3n) is 11.3. The lowest BCUT2D eigenvalue weighted by atomic mass is 9.67. The van der Waals surface area contributed by atoms with E-state index >= 15 is 0 Å². The minimum atomic E-state index is -1.11. The summed E-state index contributed by atoms with van der Waals surface area (Å²) in [6, 6.07) is 61.8. The largest absolute Gasteiger partial charge is 0.208 e. The molecule has 1 spiro atoms. The molecule has 1 aromatic heterocycles. The summed E-state index contributed by atoms with van der Waals surface area (Å²) < 4.78 is 17.0. The van der Waals surface area contributed by atoms with Crippen molar-refractivity contribution >= 4 is 0 Å². The Kier molecular flexibility index (Phi) is 7.52. The molecule has 1 saturated carbocycles. The van der Waals surface area contributed by atoms with E-state index in [1.54, 1.807) is 0 Å². The van der Waals surface area contributed by atoms with Crippen LogP contribution in [0.3, 0.4) is 0 Å². The van der Waals surface area contributed by atoms with Gasteiger partial charge in [0.05, 0.1) is 0 Å². The Morgan fingerprint density at radius 2 is 0.778 bits per heavy atom. The Balaban J connectivity index is 1.01. The lowest BCUT2D eigenvalue weighted by Crippen LogP contribution is -2.28. The second-order valence-corrected chi connectivity index (χ2v) is 14.4. The average molecular weight is 696 g/mol. The van der Waals surface area contributed by atoms with E-state index in [1.165, 1.54) is 33.4 Å². The number of fused-ring (bicyclic) bond motifs is 5. The highest BCUT2D eigenvalue weighted by molar-refractivity contribution is 5.85. The second kappa shape index (κ2) is 13.5. The first kappa shape index (κ1) is 30.1. The zero-order valence-corrected chi connectivity index (χ0v) is 29.9. The van der Waals surface area contributed by atoms with Crippen LogP contribution in [0.5, 0.6) is 0 Å². The first-order chi connectivity index (χ1) is 27.4. The maximum absolute atomic E-state index is 8.48. The summed E-state index contributed by atoms with van der Waals surface area (Å²) >= 11 is 0. The van der Waals surface area contributed by atoms with Crippen LogP contribution in [0.25, 0.3) is 78.7 Å². The van der Waals surface area contributed by atoms with E-state index in [-0.39, 0.29) is 5.41 Å². The van der Waals surface area contributed by atoms with Crippen molar-refractivity contribution in [1.82, 2.24) is 15.0 Å². The van der Waals surface area contributed by atoms with Crippen molar-refractivity contribution < 1.29 is 2.74 Å². The first-order valence-electron chi connectivity index (χ1n) is 19.9. The van der Waals surface area contributed by atoms with Gasteiger partial charge >= 0.3 is 0 Å². The van der Waals surface area contributed by atoms with Gasteiger partial charge in [-0.15, -0.1) is 0 Å². The van der Waals surface area contributed by atoms with Crippen molar-refractivity contribution in [2.75, 3.05) is 0 Å². The molecule has 10 rings (SSSR count). The molecular weight excluding hydrogens is 655 g/mol. The number of rotatable bonds is 6. The van der Waals surface area contributed by atoms with Crippen molar-refractivity contribution in [3.8, 4) is 78.7 Å². The zero-order valence-electron chi connectivity index (χ0n) is 31.9. The fraction of sp³-hybridized carbons (Fsp3) is 0.118. The molecule has 2 aliphatic rings. The van der Waals surface area contributed by atoms with Gasteiger partial charge in [-0.2, -0.15) is 0 Å². The average Bonchev–Trinajstić information content (AvgIpc) is 3.54. The van der Waals surface area contributed by atoms with Crippen molar-refractivity contribution in [2.45, 2.75) is 37.5 Å². The van der Waals surface area contributed by atoms with Gasteiger partial charge in [-0.3, -0.25) is 0 Å². The molecule has 258 valence electrons. The molecule has 7 aromatic carbocycles. The van der Waals surface area contributed by atoms with Crippen LogP contribution in [-0.2, 0) is 5.41 Å². The van der Waals surface area contributed by atoms with Crippen LogP contribution in [0.1, 0.15) is 45.9 Å². The summed E-state index contributed by atoms with van der Waals surface area (Å²) in [6.45, 7) is 0. The van der Waals surface area contributed by atoms with E-state index < -0.39 is 6.37 Å². The molecule has 0 unspecified atom stereocenters.